The zero-order chi connectivity index (χ0) is 12.6. The van der Waals surface area contributed by atoms with Gasteiger partial charge in [-0.05, 0) is 6.07 Å². The SMILES string of the molecule is C=C1C(n2ccc(N)nc2=O)O[C@@H](CO)[C@@H]1O. The Balaban J connectivity index is 2.35. The maximum absolute atomic E-state index is 11.6. The van der Waals surface area contributed by atoms with E-state index in [-0.39, 0.29) is 12.4 Å². The number of aliphatic hydroxyl groups excluding tert-OH is 2. The molecule has 92 valence electrons. The zero-order valence-electron chi connectivity index (χ0n) is 8.98. The van der Waals surface area contributed by atoms with Crippen molar-refractivity contribution in [2.45, 2.75) is 18.4 Å². The standard InChI is InChI=1S/C10H13N3O4/c1-5-8(15)6(4-14)17-9(5)13-3-2-7(11)12-10(13)16/h2-3,6,8-9,14-15H,1,4H2,(H2,11,12,16)/t6-,8+,9?/m0/s1. The fourth-order valence-corrected chi connectivity index (χ4v) is 1.70. The number of ether oxygens (including phenoxy) is 1. The van der Waals surface area contributed by atoms with Gasteiger partial charge in [0.05, 0.1) is 6.61 Å². The van der Waals surface area contributed by atoms with Gasteiger partial charge in [0.2, 0.25) is 0 Å². The summed E-state index contributed by atoms with van der Waals surface area (Å²) in [5.41, 5.74) is 5.07. The highest BCUT2D eigenvalue weighted by molar-refractivity contribution is 5.24. The van der Waals surface area contributed by atoms with Gasteiger partial charge in [0.25, 0.3) is 0 Å². The highest BCUT2D eigenvalue weighted by Gasteiger charge is 2.38. The van der Waals surface area contributed by atoms with Crippen LogP contribution >= 0.6 is 0 Å². The van der Waals surface area contributed by atoms with Crippen LogP contribution in [-0.2, 0) is 4.74 Å². The average molecular weight is 239 g/mol. The second kappa shape index (κ2) is 4.28. The molecule has 1 aliphatic heterocycles. The van der Waals surface area contributed by atoms with Gasteiger partial charge in [-0.3, -0.25) is 4.57 Å². The van der Waals surface area contributed by atoms with Gasteiger partial charge in [0.1, 0.15) is 18.0 Å². The highest BCUT2D eigenvalue weighted by Crippen LogP contribution is 2.31. The molecule has 1 fully saturated rings. The second-order valence-corrected chi connectivity index (χ2v) is 3.77. The largest absolute Gasteiger partial charge is 0.394 e. The summed E-state index contributed by atoms with van der Waals surface area (Å²) in [7, 11) is 0. The number of rotatable bonds is 2. The van der Waals surface area contributed by atoms with Crippen molar-refractivity contribution in [2.75, 3.05) is 12.3 Å². The van der Waals surface area contributed by atoms with E-state index in [0.29, 0.717) is 5.57 Å². The molecule has 0 radical (unpaired) electrons. The highest BCUT2D eigenvalue weighted by atomic mass is 16.5. The molecular formula is C10H13N3O4. The number of aromatic nitrogens is 2. The van der Waals surface area contributed by atoms with Crippen molar-refractivity contribution < 1.29 is 14.9 Å². The van der Waals surface area contributed by atoms with Gasteiger partial charge in [-0.2, -0.15) is 4.98 Å². The maximum Gasteiger partial charge on any atom is 0.351 e. The summed E-state index contributed by atoms with van der Waals surface area (Å²) in [6, 6.07) is 1.44. The lowest BCUT2D eigenvalue weighted by molar-refractivity contribution is -0.0447. The molecule has 7 heteroatoms. The van der Waals surface area contributed by atoms with Gasteiger partial charge in [-0.25, -0.2) is 4.79 Å². The first kappa shape index (κ1) is 11.8. The molecule has 3 atom stereocenters. The Morgan fingerprint density at radius 2 is 2.35 bits per heavy atom. The average Bonchev–Trinajstić information content (AvgIpc) is 2.57. The second-order valence-electron chi connectivity index (χ2n) is 3.77. The van der Waals surface area contributed by atoms with Crippen molar-refractivity contribution in [1.29, 1.82) is 0 Å². The van der Waals surface area contributed by atoms with E-state index in [1.807, 2.05) is 0 Å². The molecule has 1 unspecified atom stereocenters. The van der Waals surface area contributed by atoms with Crippen LogP contribution in [0.5, 0.6) is 0 Å². The van der Waals surface area contributed by atoms with E-state index in [4.69, 9.17) is 15.6 Å². The Kier molecular flexibility index (Phi) is 2.97. The molecule has 0 saturated carbocycles. The molecule has 1 aromatic heterocycles. The van der Waals surface area contributed by atoms with Crippen LogP contribution in [-0.4, -0.2) is 38.6 Å². The van der Waals surface area contributed by atoms with Gasteiger partial charge in [0, 0.05) is 11.8 Å². The van der Waals surface area contributed by atoms with Crippen molar-refractivity contribution in [3.63, 3.8) is 0 Å². The predicted octanol–water partition coefficient (Wildman–Crippen LogP) is -1.37. The third-order valence-electron chi connectivity index (χ3n) is 2.64. The van der Waals surface area contributed by atoms with Crippen LogP contribution in [0, 0.1) is 0 Å². The van der Waals surface area contributed by atoms with Crippen LogP contribution in [0.2, 0.25) is 0 Å². The minimum atomic E-state index is -1.01. The molecule has 1 saturated heterocycles. The quantitative estimate of drug-likeness (QED) is 0.549. The first-order valence-corrected chi connectivity index (χ1v) is 5.02. The van der Waals surface area contributed by atoms with Crippen molar-refractivity contribution >= 4 is 5.82 Å². The van der Waals surface area contributed by atoms with E-state index in [0.717, 1.165) is 4.57 Å². The Bertz CT molecular complexity index is 499. The molecule has 4 N–H and O–H groups in total. The van der Waals surface area contributed by atoms with Gasteiger partial charge in [0.15, 0.2) is 6.23 Å². The van der Waals surface area contributed by atoms with Gasteiger partial charge < -0.3 is 20.7 Å². The molecule has 2 heterocycles. The summed E-state index contributed by atoms with van der Waals surface area (Å²) in [6.45, 7) is 3.30. The molecule has 1 aliphatic rings. The van der Waals surface area contributed by atoms with E-state index >= 15 is 0 Å². The molecule has 0 aliphatic carbocycles. The minimum absolute atomic E-state index is 0.106. The number of hydrogen-bond acceptors (Lipinski definition) is 6. The van der Waals surface area contributed by atoms with Gasteiger partial charge in [-0.15, -0.1) is 0 Å². The van der Waals surface area contributed by atoms with Crippen molar-refractivity contribution in [3.8, 4) is 0 Å². The predicted molar refractivity (Wildman–Crippen MR) is 59.1 cm³/mol. The number of nitrogen functional groups attached to an aromatic ring is 1. The molecule has 1 aromatic rings. The number of nitrogens with two attached hydrogens (primary N) is 1. The summed E-state index contributed by atoms with van der Waals surface area (Å²) in [5.74, 6) is 0.106. The number of hydrogen-bond donors (Lipinski definition) is 3. The lowest BCUT2D eigenvalue weighted by Gasteiger charge is -2.14. The fraction of sp³-hybridized carbons (Fsp3) is 0.400. The lowest BCUT2D eigenvalue weighted by Crippen LogP contribution is -2.28. The Morgan fingerprint density at radius 1 is 1.65 bits per heavy atom. The number of nitrogens with zero attached hydrogens (tertiary/aromatic N) is 2. The van der Waals surface area contributed by atoms with Crippen molar-refractivity contribution in [1.82, 2.24) is 9.55 Å². The molecule has 0 amide bonds. The number of aliphatic hydroxyl groups is 2. The lowest BCUT2D eigenvalue weighted by atomic mass is 10.1. The van der Waals surface area contributed by atoms with Crippen molar-refractivity contribution in [2.24, 2.45) is 0 Å². The summed E-state index contributed by atoms with van der Waals surface area (Å²) >= 11 is 0. The van der Waals surface area contributed by atoms with Crippen LogP contribution in [0.15, 0.2) is 29.2 Å². The molecule has 2 rings (SSSR count). The van der Waals surface area contributed by atoms with Crippen LogP contribution in [0.3, 0.4) is 0 Å². The molecular weight excluding hydrogens is 226 g/mol. The molecule has 0 aromatic carbocycles. The summed E-state index contributed by atoms with van der Waals surface area (Å²) in [6.07, 6.45) is -1.21. The van der Waals surface area contributed by atoms with E-state index in [2.05, 4.69) is 11.6 Å². The van der Waals surface area contributed by atoms with Crippen LogP contribution in [0.4, 0.5) is 5.82 Å². The number of anilines is 1. The molecule has 7 nitrogen and oxygen atoms in total. The van der Waals surface area contributed by atoms with Gasteiger partial charge in [-0.1, -0.05) is 6.58 Å². The Morgan fingerprint density at radius 3 is 2.88 bits per heavy atom. The van der Waals surface area contributed by atoms with E-state index in [1.165, 1.54) is 12.3 Å². The summed E-state index contributed by atoms with van der Waals surface area (Å²) in [4.78, 5) is 15.1. The maximum atomic E-state index is 11.6. The summed E-state index contributed by atoms with van der Waals surface area (Å²) in [5, 5.41) is 18.7. The Labute approximate surface area is 96.8 Å². The van der Waals surface area contributed by atoms with Gasteiger partial charge >= 0.3 is 5.69 Å². The normalized spacial score (nSPS) is 28.6. The first-order chi connectivity index (χ1) is 8.04. The van der Waals surface area contributed by atoms with E-state index in [1.54, 1.807) is 0 Å². The fourth-order valence-electron chi connectivity index (χ4n) is 1.70. The molecule has 17 heavy (non-hydrogen) atoms. The monoisotopic (exact) mass is 239 g/mol. The summed E-state index contributed by atoms with van der Waals surface area (Å²) < 4.78 is 6.49. The molecule has 0 bridgehead atoms. The topological polar surface area (TPSA) is 111 Å². The Hall–Kier alpha value is -1.70. The van der Waals surface area contributed by atoms with Crippen LogP contribution in [0.1, 0.15) is 6.23 Å². The van der Waals surface area contributed by atoms with E-state index < -0.39 is 24.1 Å². The zero-order valence-corrected chi connectivity index (χ0v) is 8.98. The van der Waals surface area contributed by atoms with Crippen LogP contribution in [0.25, 0.3) is 0 Å². The molecule has 0 spiro atoms. The smallest absolute Gasteiger partial charge is 0.351 e. The van der Waals surface area contributed by atoms with E-state index in [9.17, 15) is 9.90 Å². The van der Waals surface area contributed by atoms with Crippen molar-refractivity contribution in [3.05, 3.63) is 34.9 Å². The third-order valence-corrected chi connectivity index (χ3v) is 2.64. The third kappa shape index (κ3) is 1.95. The minimum Gasteiger partial charge on any atom is -0.394 e. The van der Waals surface area contributed by atoms with Crippen LogP contribution < -0.4 is 11.4 Å². The first-order valence-electron chi connectivity index (χ1n) is 5.02.